The first-order valence-electron chi connectivity index (χ1n) is 5.96. The van der Waals surface area contributed by atoms with E-state index in [9.17, 15) is 4.79 Å². The summed E-state index contributed by atoms with van der Waals surface area (Å²) in [5.74, 6) is 0.470. The van der Waals surface area contributed by atoms with Crippen LogP contribution >= 0.6 is 11.6 Å². The number of nitrogens with zero attached hydrogens (tertiary/aromatic N) is 2. The second-order valence-corrected chi connectivity index (χ2v) is 4.67. The van der Waals surface area contributed by atoms with Crippen LogP contribution in [0.1, 0.15) is 12.8 Å². The molecule has 1 N–H and O–H groups in total. The highest BCUT2D eigenvalue weighted by Gasteiger charge is 2.12. The number of alkyl halides is 1. The van der Waals surface area contributed by atoms with Crippen molar-refractivity contribution in [3.05, 3.63) is 0 Å². The minimum atomic E-state index is 0.0633. The Morgan fingerprint density at radius 3 is 2.62 bits per heavy atom. The number of carbonyl (C=O) groups is 1. The molecule has 1 aliphatic heterocycles. The SMILES string of the molecule is CN1CCN(CCCNC(=O)CCCl)CC1. The van der Waals surface area contributed by atoms with E-state index in [1.807, 2.05) is 0 Å². The van der Waals surface area contributed by atoms with Gasteiger partial charge in [0.2, 0.25) is 5.91 Å². The van der Waals surface area contributed by atoms with E-state index in [1.165, 1.54) is 0 Å². The molecule has 0 radical (unpaired) electrons. The van der Waals surface area contributed by atoms with Crippen molar-refractivity contribution in [3.8, 4) is 0 Å². The molecule has 0 unspecified atom stereocenters. The van der Waals surface area contributed by atoms with Gasteiger partial charge in [0.1, 0.15) is 0 Å². The first-order valence-corrected chi connectivity index (χ1v) is 6.49. The number of halogens is 1. The molecule has 4 nitrogen and oxygen atoms in total. The lowest BCUT2D eigenvalue weighted by Crippen LogP contribution is -2.45. The molecule has 16 heavy (non-hydrogen) atoms. The minimum absolute atomic E-state index is 0.0633. The van der Waals surface area contributed by atoms with Crippen LogP contribution in [0.2, 0.25) is 0 Å². The highest BCUT2D eigenvalue weighted by atomic mass is 35.5. The Hall–Kier alpha value is -0.320. The van der Waals surface area contributed by atoms with E-state index in [1.54, 1.807) is 0 Å². The molecule has 0 aromatic carbocycles. The molecule has 1 amide bonds. The number of piperazine rings is 1. The number of carbonyl (C=O) groups excluding carboxylic acids is 1. The zero-order chi connectivity index (χ0) is 11.8. The molecule has 0 aromatic heterocycles. The topological polar surface area (TPSA) is 35.6 Å². The van der Waals surface area contributed by atoms with Crippen LogP contribution in [0, 0.1) is 0 Å². The fraction of sp³-hybridized carbons (Fsp3) is 0.909. The minimum Gasteiger partial charge on any atom is -0.356 e. The summed E-state index contributed by atoms with van der Waals surface area (Å²) in [5, 5.41) is 2.87. The number of hydrogen-bond acceptors (Lipinski definition) is 3. The van der Waals surface area contributed by atoms with Crippen LogP contribution in [0.3, 0.4) is 0 Å². The molecule has 1 heterocycles. The third-order valence-electron chi connectivity index (χ3n) is 2.89. The van der Waals surface area contributed by atoms with Gasteiger partial charge in [0.05, 0.1) is 0 Å². The standard InChI is InChI=1S/C11H22ClN3O/c1-14-7-9-15(10-8-14)6-2-5-13-11(16)3-4-12/h2-10H2,1H3,(H,13,16). The van der Waals surface area contributed by atoms with Gasteiger partial charge in [-0.1, -0.05) is 0 Å². The molecule has 0 aliphatic carbocycles. The van der Waals surface area contributed by atoms with Crippen molar-refractivity contribution in [2.75, 3.05) is 52.2 Å². The van der Waals surface area contributed by atoms with Gasteiger partial charge in [0.15, 0.2) is 0 Å². The smallest absolute Gasteiger partial charge is 0.221 e. The van der Waals surface area contributed by atoms with Crippen molar-refractivity contribution in [1.29, 1.82) is 0 Å². The Balaban J connectivity index is 1.97. The summed E-state index contributed by atoms with van der Waals surface area (Å²) >= 11 is 5.47. The Bertz CT molecular complexity index is 205. The van der Waals surface area contributed by atoms with Crippen molar-refractivity contribution in [2.24, 2.45) is 0 Å². The number of nitrogens with one attached hydrogen (secondary N) is 1. The molecule has 0 aromatic rings. The quantitative estimate of drug-likeness (QED) is 0.544. The van der Waals surface area contributed by atoms with E-state index < -0.39 is 0 Å². The zero-order valence-electron chi connectivity index (χ0n) is 10.0. The molecular weight excluding hydrogens is 226 g/mol. The number of amides is 1. The van der Waals surface area contributed by atoms with Gasteiger partial charge < -0.3 is 15.1 Å². The fourth-order valence-corrected chi connectivity index (χ4v) is 1.95. The monoisotopic (exact) mass is 247 g/mol. The van der Waals surface area contributed by atoms with Gasteiger partial charge in [-0.25, -0.2) is 0 Å². The van der Waals surface area contributed by atoms with Gasteiger partial charge in [-0.05, 0) is 20.0 Å². The lowest BCUT2D eigenvalue weighted by Gasteiger charge is -2.32. The lowest BCUT2D eigenvalue weighted by atomic mass is 10.3. The van der Waals surface area contributed by atoms with E-state index in [4.69, 9.17) is 11.6 Å². The predicted molar refractivity (Wildman–Crippen MR) is 66.9 cm³/mol. The van der Waals surface area contributed by atoms with Crippen molar-refractivity contribution >= 4 is 17.5 Å². The van der Waals surface area contributed by atoms with Crippen molar-refractivity contribution in [2.45, 2.75) is 12.8 Å². The Morgan fingerprint density at radius 1 is 1.31 bits per heavy atom. The van der Waals surface area contributed by atoms with Crippen LogP contribution in [0.15, 0.2) is 0 Å². The van der Waals surface area contributed by atoms with Crippen LogP contribution in [-0.2, 0) is 4.79 Å². The third kappa shape index (κ3) is 5.68. The molecule has 5 heteroatoms. The normalized spacial score (nSPS) is 18.6. The molecular formula is C11H22ClN3O. The van der Waals surface area contributed by atoms with Gasteiger partial charge in [-0.15, -0.1) is 11.6 Å². The third-order valence-corrected chi connectivity index (χ3v) is 3.08. The fourth-order valence-electron chi connectivity index (χ4n) is 1.78. The summed E-state index contributed by atoms with van der Waals surface area (Å²) in [4.78, 5) is 15.9. The maximum absolute atomic E-state index is 11.1. The molecule has 0 atom stereocenters. The molecule has 0 bridgehead atoms. The van der Waals surface area contributed by atoms with E-state index in [-0.39, 0.29) is 5.91 Å². The maximum atomic E-state index is 11.1. The largest absolute Gasteiger partial charge is 0.356 e. The zero-order valence-corrected chi connectivity index (χ0v) is 10.8. The summed E-state index contributed by atoms with van der Waals surface area (Å²) < 4.78 is 0. The summed E-state index contributed by atoms with van der Waals surface area (Å²) in [6.07, 6.45) is 1.45. The summed E-state index contributed by atoms with van der Waals surface area (Å²) in [5.41, 5.74) is 0. The van der Waals surface area contributed by atoms with Crippen molar-refractivity contribution in [1.82, 2.24) is 15.1 Å². The summed E-state index contributed by atoms with van der Waals surface area (Å²) in [6, 6.07) is 0. The Kier molecular flexibility index (Phi) is 6.76. The van der Waals surface area contributed by atoms with Crippen LogP contribution in [-0.4, -0.2) is 67.9 Å². The Labute approximate surface area is 103 Å². The molecule has 1 rings (SSSR count). The number of rotatable bonds is 6. The van der Waals surface area contributed by atoms with E-state index in [0.717, 1.165) is 45.7 Å². The second-order valence-electron chi connectivity index (χ2n) is 4.29. The predicted octanol–water partition coefficient (Wildman–Crippen LogP) is 0.369. The van der Waals surface area contributed by atoms with Crippen molar-refractivity contribution < 1.29 is 4.79 Å². The first kappa shape index (κ1) is 13.7. The van der Waals surface area contributed by atoms with Gasteiger partial charge in [0.25, 0.3) is 0 Å². The first-order chi connectivity index (χ1) is 7.72. The molecule has 1 aliphatic rings. The molecule has 94 valence electrons. The summed E-state index contributed by atoms with van der Waals surface area (Å²) in [7, 11) is 2.16. The van der Waals surface area contributed by atoms with Crippen LogP contribution in [0.5, 0.6) is 0 Å². The van der Waals surface area contributed by atoms with Crippen LogP contribution in [0.25, 0.3) is 0 Å². The van der Waals surface area contributed by atoms with Crippen LogP contribution in [0.4, 0.5) is 0 Å². The van der Waals surface area contributed by atoms with Crippen LogP contribution < -0.4 is 5.32 Å². The average molecular weight is 248 g/mol. The molecule has 0 saturated carbocycles. The van der Waals surface area contributed by atoms with E-state index in [2.05, 4.69) is 22.2 Å². The summed E-state index contributed by atoms with van der Waals surface area (Å²) in [6.45, 7) is 6.44. The second kappa shape index (κ2) is 7.87. The maximum Gasteiger partial charge on any atom is 0.221 e. The van der Waals surface area contributed by atoms with E-state index >= 15 is 0 Å². The number of likely N-dealkylation sites (N-methyl/N-ethyl adjacent to an activating group) is 1. The number of hydrogen-bond donors (Lipinski definition) is 1. The lowest BCUT2D eigenvalue weighted by molar-refractivity contribution is -0.120. The molecule has 1 fully saturated rings. The van der Waals surface area contributed by atoms with Gasteiger partial charge >= 0.3 is 0 Å². The highest BCUT2D eigenvalue weighted by molar-refractivity contribution is 6.18. The van der Waals surface area contributed by atoms with Gasteiger partial charge in [0, 0.05) is 45.0 Å². The molecule has 1 saturated heterocycles. The average Bonchev–Trinajstić information content (AvgIpc) is 2.27. The molecule has 0 spiro atoms. The van der Waals surface area contributed by atoms with Gasteiger partial charge in [-0.2, -0.15) is 0 Å². The van der Waals surface area contributed by atoms with Gasteiger partial charge in [-0.3, -0.25) is 4.79 Å². The Morgan fingerprint density at radius 2 is 2.00 bits per heavy atom. The van der Waals surface area contributed by atoms with Crippen molar-refractivity contribution in [3.63, 3.8) is 0 Å². The highest BCUT2D eigenvalue weighted by Crippen LogP contribution is 1.99. The van der Waals surface area contributed by atoms with E-state index in [0.29, 0.717) is 12.3 Å².